The molecule has 1 atom stereocenters. The number of rotatable bonds is 6. The minimum Gasteiger partial charge on any atom is -0.370 e. The fourth-order valence-corrected chi connectivity index (χ4v) is 3.47. The topological polar surface area (TPSA) is 29.3 Å². The zero-order chi connectivity index (χ0) is 14.5. The standard InChI is InChI=1S/C16H21BrN2S/c1-3-14(18)9-13-6-4-5-7-15(13)19(2)10-12-8-16(17)20-11-12/h4-8,11,14H,3,9-10,18H2,1-2H3. The van der Waals surface area contributed by atoms with E-state index in [4.69, 9.17) is 5.73 Å². The van der Waals surface area contributed by atoms with E-state index in [0.29, 0.717) is 0 Å². The maximum Gasteiger partial charge on any atom is 0.0701 e. The number of para-hydroxylation sites is 1. The van der Waals surface area contributed by atoms with E-state index in [1.54, 1.807) is 11.3 Å². The quantitative estimate of drug-likeness (QED) is 0.833. The fraction of sp³-hybridized carbons (Fsp3) is 0.375. The van der Waals surface area contributed by atoms with Crippen molar-refractivity contribution in [2.45, 2.75) is 32.4 Å². The van der Waals surface area contributed by atoms with Crippen LogP contribution in [0.2, 0.25) is 0 Å². The highest BCUT2D eigenvalue weighted by Gasteiger charge is 2.10. The first-order valence-corrected chi connectivity index (χ1v) is 8.55. The van der Waals surface area contributed by atoms with Crippen molar-refractivity contribution in [3.05, 3.63) is 50.6 Å². The molecule has 0 bridgehead atoms. The molecule has 20 heavy (non-hydrogen) atoms. The lowest BCUT2D eigenvalue weighted by Crippen LogP contribution is -2.24. The van der Waals surface area contributed by atoms with Gasteiger partial charge >= 0.3 is 0 Å². The van der Waals surface area contributed by atoms with Crippen LogP contribution in [0, 0.1) is 0 Å². The summed E-state index contributed by atoms with van der Waals surface area (Å²) in [5, 5.41) is 2.20. The Kier molecular flexibility index (Phi) is 5.64. The molecule has 2 rings (SSSR count). The van der Waals surface area contributed by atoms with Gasteiger partial charge in [0.05, 0.1) is 3.79 Å². The average Bonchev–Trinajstić information content (AvgIpc) is 2.84. The molecule has 0 amide bonds. The normalized spacial score (nSPS) is 12.4. The first-order valence-electron chi connectivity index (χ1n) is 6.87. The molecule has 0 aliphatic rings. The highest BCUT2D eigenvalue weighted by molar-refractivity contribution is 9.11. The molecule has 1 aromatic carbocycles. The molecule has 2 N–H and O–H groups in total. The second kappa shape index (κ2) is 7.25. The van der Waals surface area contributed by atoms with E-state index < -0.39 is 0 Å². The third-order valence-corrected chi connectivity index (χ3v) is 5.00. The Morgan fingerprint density at radius 3 is 2.75 bits per heavy atom. The SMILES string of the molecule is CCC(N)Cc1ccccc1N(C)Cc1csc(Br)c1. The lowest BCUT2D eigenvalue weighted by atomic mass is 10.0. The summed E-state index contributed by atoms with van der Waals surface area (Å²) in [7, 11) is 2.14. The van der Waals surface area contributed by atoms with Gasteiger partial charge in [-0.05, 0) is 57.4 Å². The summed E-state index contributed by atoms with van der Waals surface area (Å²) >= 11 is 5.25. The first kappa shape index (κ1) is 15.5. The third kappa shape index (κ3) is 4.08. The van der Waals surface area contributed by atoms with E-state index in [-0.39, 0.29) is 6.04 Å². The van der Waals surface area contributed by atoms with E-state index in [1.807, 2.05) is 0 Å². The summed E-state index contributed by atoms with van der Waals surface area (Å²) < 4.78 is 1.18. The van der Waals surface area contributed by atoms with Crippen LogP contribution in [-0.2, 0) is 13.0 Å². The molecule has 0 aliphatic carbocycles. The van der Waals surface area contributed by atoms with Crippen LogP contribution in [0.1, 0.15) is 24.5 Å². The summed E-state index contributed by atoms with van der Waals surface area (Å²) in [5.41, 5.74) is 10.0. The third-order valence-electron chi connectivity index (χ3n) is 3.45. The van der Waals surface area contributed by atoms with Crippen LogP contribution in [-0.4, -0.2) is 13.1 Å². The Morgan fingerprint density at radius 2 is 2.10 bits per heavy atom. The zero-order valence-corrected chi connectivity index (χ0v) is 14.4. The van der Waals surface area contributed by atoms with Crippen molar-refractivity contribution in [3.8, 4) is 0 Å². The predicted octanol–water partition coefficient (Wildman–Crippen LogP) is 4.43. The molecule has 0 saturated carbocycles. The molecule has 2 nitrogen and oxygen atoms in total. The minimum atomic E-state index is 0.236. The van der Waals surface area contributed by atoms with Crippen molar-refractivity contribution in [3.63, 3.8) is 0 Å². The van der Waals surface area contributed by atoms with E-state index in [1.165, 1.54) is 20.6 Å². The number of halogens is 1. The van der Waals surface area contributed by atoms with Crippen LogP contribution >= 0.6 is 27.3 Å². The maximum absolute atomic E-state index is 6.11. The maximum atomic E-state index is 6.11. The van der Waals surface area contributed by atoms with Gasteiger partial charge in [-0.15, -0.1) is 11.3 Å². The Morgan fingerprint density at radius 1 is 1.35 bits per heavy atom. The number of benzene rings is 1. The number of nitrogens with zero attached hydrogens (tertiary/aromatic N) is 1. The van der Waals surface area contributed by atoms with Crippen LogP contribution in [0.4, 0.5) is 5.69 Å². The van der Waals surface area contributed by atoms with Crippen molar-refractivity contribution in [2.24, 2.45) is 5.73 Å². The molecule has 0 radical (unpaired) electrons. The lowest BCUT2D eigenvalue weighted by molar-refractivity contribution is 0.645. The number of hydrogen-bond donors (Lipinski definition) is 1. The van der Waals surface area contributed by atoms with Gasteiger partial charge in [0.2, 0.25) is 0 Å². The van der Waals surface area contributed by atoms with Crippen molar-refractivity contribution in [1.82, 2.24) is 0 Å². The first-order chi connectivity index (χ1) is 9.60. The molecule has 0 saturated heterocycles. The van der Waals surface area contributed by atoms with Crippen molar-refractivity contribution in [2.75, 3.05) is 11.9 Å². The van der Waals surface area contributed by atoms with Gasteiger partial charge in [0.1, 0.15) is 0 Å². The van der Waals surface area contributed by atoms with Crippen molar-refractivity contribution in [1.29, 1.82) is 0 Å². The Hall–Kier alpha value is -0.840. The molecular formula is C16H21BrN2S. The van der Waals surface area contributed by atoms with Crippen molar-refractivity contribution < 1.29 is 0 Å². The van der Waals surface area contributed by atoms with Gasteiger partial charge in [0.25, 0.3) is 0 Å². The largest absolute Gasteiger partial charge is 0.370 e. The molecule has 0 spiro atoms. The fourth-order valence-electron chi connectivity index (χ4n) is 2.27. The molecule has 0 fully saturated rings. The number of thiophene rings is 1. The summed E-state index contributed by atoms with van der Waals surface area (Å²) in [5.74, 6) is 0. The van der Waals surface area contributed by atoms with Crippen LogP contribution in [0.3, 0.4) is 0 Å². The molecule has 2 aromatic rings. The molecule has 1 heterocycles. The average molecular weight is 353 g/mol. The molecule has 1 unspecified atom stereocenters. The van der Waals surface area contributed by atoms with Crippen LogP contribution in [0.5, 0.6) is 0 Å². The number of hydrogen-bond acceptors (Lipinski definition) is 3. The lowest BCUT2D eigenvalue weighted by Gasteiger charge is -2.23. The molecule has 4 heteroatoms. The van der Waals surface area contributed by atoms with Gasteiger partial charge in [-0.2, -0.15) is 0 Å². The highest BCUT2D eigenvalue weighted by Crippen LogP contribution is 2.26. The summed E-state index contributed by atoms with van der Waals surface area (Å²) in [6, 6.07) is 11.0. The number of nitrogens with two attached hydrogens (primary N) is 1. The summed E-state index contributed by atoms with van der Waals surface area (Å²) in [4.78, 5) is 2.30. The second-order valence-electron chi connectivity index (χ2n) is 5.12. The molecule has 108 valence electrons. The van der Waals surface area contributed by atoms with Crippen molar-refractivity contribution >= 4 is 33.0 Å². The van der Waals surface area contributed by atoms with Gasteiger partial charge in [0, 0.05) is 25.3 Å². The monoisotopic (exact) mass is 352 g/mol. The Labute approximate surface area is 133 Å². The molecular weight excluding hydrogens is 332 g/mol. The highest BCUT2D eigenvalue weighted by atomic mass is 79.9. The zero-order valence-electron chi connectivity index (χ0n) is 12.0. The van der Waals surface area contributed by atoms with Gasteiger partial charge in [0.15, 0.2) is 0 Å². The van der Waals surface area contributed by atoms with E-state index in [2.05, 4.69) is 70.5 Å². The van der Waals surface area contributed by atoms with Crippen LogP contribution in [0.15, 0.2) is 39.5 Å². The van der Waals surface area contributed by atoms with Gasteiger partial charge in [-0.1, -0.05) is 25.1 Å². The van der Waals surface area contributed by atoms with Crippen LogP contribution in [0.25, 0.3) is 0 Å². The van der Waals surface area contributed by atoms with Gasteiger partial charge < -0.3 is 10.6 Å². The Bertz CT molecular complexity index is 553. The van der Waals surface area contributed by atoms with E-state index in [9.17, 15) is 0 Å². The molecule has 1 aromatic heterocycles. The predicted molar refractivity (Wildman–Crippen MR) is 92.5 cm³/mol. The Balaban J connectivity index is 2.14. The summed E-state index contributed by atoms with van der Waals surface area (Å²) in [6.07, 6.45) is 1.94. The molecule has 0 aliphatic heterocycles. The summed E-state index contributed by atoms with van der Waals surface area (Å²) in [6.45, 7) is 3.06. The smallest absolute Gasteiger partial charge is 0.0701 e. The minimum absolute atomic E-state index is 0.236. The number of anilines is 1. The van der Waals surface area contributed by atoms with Crippen LogP contribution < -0.4 is 10.6 Å². The van der Waals surface area contributed by atoms with E-state index >= 15 is 0 Å². The van der Waals surface area contributed by atoms with Gasteiger partial charge in [-0.25, -0.2) is 0 Å². The second-order valence-corrected chi connectivity index (χ2v) is 7.41. The van der Waals surface area contributed by atoms with E-state index in [0.717, 1.165) is 19.4 Å². The van der Waals surface area contributed by atoms with Gasteiger partial charge in [-0.3, -0.25) is 0 Å².